The minimum atomic E-state index is -1.33. The van der Waals surface area contributed by atoms with Crippen molar-refractivity contribution in [3.8, 4) is 0 Å². The molecule has 1 heterocycles. The van der Waals surface area contributed by atoms with Gasteiger partial charge in [-0.15, -0.1) is 0 Å². The first-order chi connectivity index (χ1) is 10.3. The summed E-state index contributed by atoms with van der Waals surface area (Å²) in [6.45, 7) is 5.08. The molecule has 0 aliphatic heterocycles. The highest BCUT2D eigenvalue weighted by Crippen LogP contribution is 2.22. The number of rotatable bonds is 5. The molecule has 0 bridgehead atoms. The third-order valence-electron chi connectivity index (χ3n) is 3.77. The van der Waals surface area contributed by atoms with Gasteiger partial charge in [0.15, 0.2) is 0 Å². The molecule has 2 rings (SSSR count). The molecule has 0 aliphatic rings. The van der Waals surface area contributed by atoms with Gasteiger partial charge in [-0.2, -0.15) is 0 Å². The minimum absolute atomic E-state index is 0.215. The van der Waals surface area contributed by atoms with Crippen molar-refractivity contribution in [2.75, 3.05) is 0 Å². The molecule has 0 radical (unpaired) electrons. The van der Waals surface area contributed by atoms with Crippen LogP contribution in [0.15, 0.2) is 18.2 Å². The molecule has 0 aliphatic carbocycles. The zero-order valence-electron chi connectivity index (χ0n) is 12.8. The Hall–Kier alpha value is -2.37. The van der Waals surface area contributed by atoms with Gasteiger partial charge in [-0.3, -0.25) is 4.79 Å². The standard InChI is InChI=1S/C16H19FN2O3/c1-4-5-16(3,15(21)22)19-14(20)13-8-11-9(2)6-10(17)7-12(11)18-13/h6-8,18H,4-5H2,1-3H3,(H,19,20)(H,21,22). The summed E-state index contributed by atoms with van der Waals surface area (Å²) in [4.78, 5) is 26.5. The number of aromatic nitrogens is 1. The van der Waals surface area contributed by atoms with E-state index in [2.05, 4.69) is 10.3 Å². The largest absolute Gasteiger partial charge is 0.480 e. The lowest BCUT2D eigenvalue weighted by Crippen LogP contribution is -2.52. The summed E-state index contributed by atoms with van der Waals surface area (Å²) in [5.41, 5.74) is 0.103. The van der Waals surface area contributed by atoms with Crippen LogP contribution in [0.2, 0.25) is 0 Å². The van der Waals surface area contributed by atoms with Gasteiger partial charge in [0.25, 0.3) is 5.91 Å². The summed E-state index contributed by atoms with van der Waals surface area (Å²) in [5.74, 6) is -1.99. The van der Waals surface area contributed by atoms with Gasteiger partial charge in [0.2, 0.25) is 0 Å². The molecule has 118 valence electrons. The molecular formula is C16H19FN2O3. The normalized spacial score (nSPS) is 13.8. The Morgan fingerprint density at radius 3 is 2.64 bits per heavy atom. The first-order valence-corrected chi connectivity index (χ1v) is 7.11. The Balaban J connectivity index is 2.33. The van der Waals surface area contributed by atoms with Crippen LogP contribution in [0.1, 0.15) is 42.7 Å². The van der Waals surface area contributed by atoms with Crippen molar-refractivity contribution in [1.82, 2.24) is 10.3 Å². The summed E-state index contributed by atoms with van der Waals surface area (Å²) in [6, 6.07) is 4.30. The highest BCUT2D eigenvalue weighted by atomic mass is 19.1. The highest BCUT2D eigenvalue weighted by Gasteiger charge is 2.34. The molecule has 1 unspecified atom stereocenters. The van der Waals surface area contributed by atoms with E-state index < -0.39 is 17.4 Å². The van der Waals surface area contributed by atoms with Gasteiger partial charge in [-0.05, 0) is 44.0 Å². The van der Waals surface area contributed by atoms with E-state index in [1.54, 1.807) is 13.0 Å². The van der Waals surface area contributed by atoms with Gasteiger partial charge < -0.3 is 15.4 Å². The molecule has 0 saturated heterocycles. The van der Waals surface area contributed by atoms with Crippen LogP contribution in [0.25, 0.3) is 10.9 Å². The number of carboxylic acid groups (broad SMARTS) is 1. The number of aromatic amines is 1. The number of aryl methyl sites for hydroxylation is 1. The first-order valence-electron chi connectivity index (χ1n) is 7.11. The molecule has 5 nitrogen and oxygen atoms in total. The van der Waals surface area contributed by atoms with Crippen LogP contribution in [-0.4, -0.2) is 27.5 Å². The monoisotopic (exact) mass is 306 g/mol. The summed E-state index contributed by atoms with van der Waals surface area (Å²) < 4.78 is 13.4. The van der Waals surface area contributed by atoms with Gasteiger partial charge in [0.1, 0.15) is 17.1 Å². The predicted octanol–water partition coefficient (Wildman–Crippen LogP) is 2.99. The number of hydrogen-bond donors (Lipinski definition) is 3. The molecule has 6 heteroatoms. The third-order valence-corrected chi connectivity index (χ3v) is 3.77. The number of halogens is 1. The Morgan fingerprint density at radius 1 is 1.36 bits per heavy atom. The van der Waals surface area contributed by atoms with Gasteiger partial charge in [0, 0.05) is 10.9 Å². The van der Waals surface area contributed by atoms with Crippen molar-refractivity contribution in [3.05, 3.63) is 35.3 Å². The third kappa shape index (κ3) is 2.95. The molecule has 1 atom stereocenters. The van der Waals surface area contributed by atoms with Gasteiger partial charge in [-0.25, -0.2) is 9.18 Å². The van der Waals surface area contributed by atoms with Crippen molar-refractivity contribution in [1.29, 1.82) is 0 Å². The van der Waals surface area contributed by atoms with Crippen LogP contribution >= 0.6 is 0 Å². The Kier molecular flexibility index (Phi) is 4.21. The maximum atomic E-state index is 13.4. The number of amides is 1. The maximum absolute atomic E-state index is 13.4. The lowest BCUT2D eigenvalue weighted by atomic mass is 9.96. The molecule has 0 fully saturated rings. The number of carbonyl (C=O) groups excluding carboxylic acids is 1. The summed E-state index contributed by atoms with van der Waals surface area (Å²) in [5, 5.41) is 12.6. The Morgan fingerprint density at radius 2 is 2.05 bits per heavy atom. The van der Waals surface area contributed by atoms with Gasteiger partial charge >= 0.3 is 5.97 Å². The van der Waals surface area contributed by atoms with E-state index in [1.807, 2.05) is 6.92 Å². The van der Waals surface area contributed by atoms with Gasteiger partial charge in [-0.1, -0.05) is 13.3 Å². The second-order valence-corrected chi connectivity index (χ2v) is 5.71. The quantitative estimate of drug-likeness (QED) is 0.794. The molecule has 1 aromatic carbocycles. The molecule has 0 saturated carbocycles. The van der Waals surface area contributed by atoms with Crippen molar-refractivity contribution in [3.63, 3.8) is 0 Å². The minimum Gasteiger partial charge on any atom is -0.480 e. The number of carbonyl (C=O) groups is 2. The molecular weight excluding hydrogens is 287 g/mol. The molecule has 0 spiro atoms. The number of nitrogens with one attached hydrogen (secondary N) is 2. The molecule has 1 amide bonds. The molecule has 22 heavy (non-hydrogen) atoms. The smallest absolute Gasteiger partial charge is 0.329 e. The zero-order valence-corrected chi connectivity index (χ0v) is 12.8. The summed E-state index contributed by atoms with van der Waals surface area (Å²) in [6.07, 6.45) is 0.946. The second kappa shape index (κ2) is 5.79. The second-order valence-electron chi connectivity index (χ2n) is 5.71. The van der Waals surface area contributed by atoms with E-state index in [9.17, 15) is 19.1 Å². The van der Waals surface area contributed by atoms with E-state index in [1.165, 1.54) is 19.1 Å². The summed E-state index contributed by atoms with van der Waals surface area (Å²) >= 11 is 0. The van der Waals surface area contributed by atoms with Crippen LogP contribution < -0.4 is 5.32 Å². The van der Waals surface area contributed by atoms with E-state index in [0.29, 0.717) is 23.9 Å². The first kappa shape index (κ1) is 16.0. The Bertz CT molecular complexity index is 738. The SMILES string of the molecule is CCCC(C)(NC(=O)c1cc2c(C)cc(F)cc2[nH]1)C(=O)O. The lowest BCUT2D eigenvalue weighted by molar-refractivity contribution is -0.144. The van der Waals surface area contributed by atoms with Crippen LogP contribution in [0, 0.1) is 12.7 Å². The highest BCUT2D eigenvalue weighted by molar-refractivity contribution is 6.01. The predicted molar refractivity (Wildman–Crippen MR) is 81.4 cm³/mol. The van der Waals surface area contributed by atoms with Crippen molar-refractivity contribution >= 4 is 22.8 Å². The fourth-order valence-electron chi connectivity index (χ4n) is 2.54. The molecule has 2 aromatic rings. The van der Waals surface area contributed by atoms with E-state index >= 15 is 0 Å². The number of aliphatic carboxylic acids is 1. The fourth-order valence-corrected chi connectivity index (χ4v) is 2.54. The van der Waals surface area contributed by atoms with Gasteiger partial charge in [0.05, 0.1) is 0 Å². The van der Waals surface area contributed by atoms with Crippen LogP contribution in [-0.2, 0) is 4.79 Å². The van der Waals surface area contributed by atoms with E-state index in [0.717, 1.165) is 5.39 Å². The average Bonchev–Trinajstić information content (AvgIpc) is 2.82. The average molecular weight is 306 g/mol. The van der Waals surface area contributed by atoms with Crippen molar-refractivity contribution in [2.45, 2.75) is 39.2 Å². The molecule has 1 aromatic heterocycles. The lowest BCUT2D eigenvalue weighted by Gasteiger charge is -2.25. The number of hydrogen-bond acceptors (Lipinski definition) is 2. The van der Waals surface area contributed by atoms with Crippen LogP contribution in [0.4, 0.5) is 4.39 Å². The topological polar surface area (TPSA) is 82.2 Å². The zero-order chi connectivity index (χ0) is 16.5. The van der Waals surface area contributed by atoms with Crippen LogP contribution in [0.3, 0.4) is 0 Å². The number of benzene rings is 1. The summed E-state index contributed by atoms with van der Waals surface area (Å²) in [7, 11) is 0. The number of H-pyrrole nitrogens is 1. The number of fused-ring (bicyclic) bond motifs is 1. The maximum Gasteiger partial charge on any atom is 0.329 e. The fraction of sp³-hybridized carbons (Fsp3) is 0.375. The van der Waals surface area contributed by atoms with Crippen LogP contribution in [0.5, 0.6) is 0 Å². The number of carboxylic acids is 1. The van der Waals surface area contributed by atoms with Crippen molar-refractivity contribution in [2.24, 2.45) is 0 Å². The van der Waals surface area contributed by atoms with E-state index in [4.69, 9.17) is 0 Å². The van der Waals surface area contributed by atoms with E-state index in [-0.39, 0.29) is 11.5 Å². The molecule has 3 N–H and O–H groups in total. The van der Waals surface area contributed by atoms with Crippen molar-refractivity contribution < 1.29 is 19.1 Å². The Labute approximate surface area is 127 Å².